The first-order valence-corrected chi connectivity index (χ1v) is 7.49. The van der Waals surface area contributed by atoms with E-state index >= 15 is 0 Å². The van der Waals surface area contributed by atoms with Crippen molar-refractivity contribution < 1.29 is 23.0 Å². The van der Waals surface area contributed by atoms with E-state index < -0.39 is 34.1 Å². The van der Waals surface area contributed by atoms with Crippen molar-refractivity contribution >= 4 is 21.6 Å². The van der Waals surface area contributed by atoms with Crippen molar-refractivity contribution in [3.63, 3.8) is 0 Å². The molecule has 1 aliphatic rings. The van der Waals surface area contributed by atoms with Crippen LogP contribution in [-0.4, -0.2) is 36.9 Å². The second-order valence-electron chi connectivity index (χ2n) is 4.50. The average Bonchev–Trinajstić information content (AvgIpc) is 2.60. The van der Waals surface area contributed by atoms with E-state index in [1.807, 2.05) is 0 Å². The first-order valence-electron chi connectivity index (χ1n) is 5.63. The summed E-state index contributed by atoms with van der Waals surface area (Å²) in [5, 5.41) is 18.4. The van der Waals surface area contributed by atoms with Crippen LogP contribution in [0.5, 0.6) is 0 Å². The number of nitrogens with one attached hydrogen (secondary N) is 1. The van der Waals surface area contributed by atoms with Gasteiger partial charge in [0.15, 0.2) is 0 Å². The summed E-state index contributed by atoms with van der Waals surface area (Å²) in [6.45, 7) is 0. The van der Waals surface area contributed by atoms with Crippen molar-refractivity contribution in [2.24, 2.45) is 0 Å². The van der Waals surface area contributed by atoms with Crippen LogP contribution in [0.2, 0.25) is 5.02 Å². The predicted molar refractivity (Wildman–Crippen MR) is 66.8 cm³/mol. The Balaban J connectivity index is 2.16. The summed E-state index contributed by atoms with van der Waals surface area (Å²) in [5.41, 5.74) is 0. The van der Waals surface area contributed by atoms with Gasteiger partial charge in [0.1, 0.15) is 5.82 Å². The van der Waals surface area contributed by atoms with Crippen LogP contribution in [0.4, 0.5) is 4.39 Å². The molecule has 1 unspecified atom stereocenters. The number of hydrogen-bond donors (Lipinski definition) is 3. The Bertz CT molecular complexity index is 570. The van der Waals surface area contributed by atoms with Gasteiger partial charge in [0, 0.05) is 6.04 Å². The lowest BCUT2D eigenvalue weighted by molar-refractivity contribution is 0.0438. The van der Waals surface area contributed by atoms with E-state index in [4.69, 9.17) is 11.6 Å². The summed E-state index contributed by atoms with van der Waals surface area (Å²) >= 11 is 5.54. The van der Waals surface area contributed by atoms with Gasteiger partial charge in [-0.1, -0.05) is 11.6 Å². The number of sulfonamides is 1. The van der Waals surface area contributed by atoms with Crippen LogP contribution < -0.4 is 4.72 Å². The van der Waals surface area contributed by atoms with Gasteiger partial charge in [-0.15, -0.1) is 0 Å². The second kappa shape index (κ2) is 5.34. The van der Waals surface area contributed by atoms with Crippen LogP contribution in [0, 0.1) is 5.82 Å². The monoisotopic (exact) mass is 309 g/mol. The number of aliphatic hydroxyl groups excluding tert-OH is 2. The molecule has 1 fully saturated rings. The quantitative estimate of drug-likeness (QED) is 0.765. The van der Waals surface area contributed by atoms with Gasteiger partial charge in [-0.05, 0) is 31.0 Å². The Hall–Kier alpha value is -0.730. The maximum Gasteiger partial charge on any atom is 0.240 e. The fourth-order valence-corrected chi connectivity index (χ4v) is 3.55. The van der Waals surface area contributed by atoms with Gasteiger partial charge in [0.2, 0.25) is 10.0 Å². The van der Waals surface area contributed by atoms with Crippen LogP contribution in [0.1, 0.15) is 12.8 Å². The van der Waals surface area contributed by atoms with Gasteiger partial charge in [-0.3, -0.25) is 0 Å². The molecule has 5 nitrogen and oxygen atoms in total. The van der Waals surface area contributed by atoms with Gasteiger partial charge >= 0.3 is 0 Å². The van der Waals surface area contributed by atoms with Crippen LogP contribution in [0.25, 0.3) is 0 Å². The second-order valence-corrected chi connectivity index (χ2v) is 6.62. The van der Waals surface area contributed by atoms with E-state index in [0.717, 1.165) is 18.2 Å². The van der Waals surface area contributed by atoms with E-state index in [2.05, 4.69) is 4.72 Å². The molecule has 3 N–H and O–H groups in total. The first kappa shape index (κ1) is 14.7. The van der Waals surface area contributed by atoms with Crippen molar-refractivity contribution in [3.8, 4) is 0 Å². The lowest BCUT2D eigenvalue weighted by Crippen LogP contribution is -2.33. The summed E-state index contributed by atoms with van der Waals surface area (Å²) < 4.78 is 39.4. The van der Waals surface area contributed by atoms with E-state index in [-0.39, 0.29) is 22.8 Å². The third-order valence-electron chi connectivity index (χ3n) is 3.02. The summed E-state index contributed by atoms with van der Waals surface area (Å²) in [4.78, 5) is -0.158. The normalized spacial score (nSPS) is 27.7. The molecule has 0 spiro atoms. The highest BCUT2D eigenvalue weighted by molar-refractivity contribution is 7.89. The molecular formula is C11H13ClFNO4S. The van der Waals surface area contributed by atoms with Crippen LogP contribution in [0.3, 0.4) is 0 Å². The molecule has 1 aromatic rings. The number of rotatable bonds is 3. The molecule has 0 amide bonds. The third-order valence-corrected chi connectivity index (χ3v) is 4.83. The Morgan fingerprint density at radius 1 is 1.26 bits per heavy atom. The van der Waals surface area contributed by atoms with Crippen molar-refractivity contribution in [1.82, 2.24) is 4.72 Å². The molecule has 0 saturated heterocycles. The van der Waals surface area contributed by atoms with Crippen LogP contribution >= 0.6 is 11.6 Å². The van der Waals surface area contributed by atoms with E-state index in [0.29, 0.717) is 0 Å². The number of benzene rings is 1. The van der Waals surface area contributed by atoms with E-state index in [1.165, 1.54) is 0 Å². The van der Waals surface area contributed by atoms with Gasteiger partial charge in [0.05, 0.1) is 22.1 Å². The molecule has 0 aromatic heterocycles. The van der Waals surface area contributed by atoms with Crippen molar-refractivity contribution in [1.29, 1.82) is 0 Å². The Kier molecular flexibility index (Phi) is 4.12. The van der Waals surface area contributed by atoms with Gasteiger partial charge in [-0.25, -0.2) is 17.5 Å². The predicted octanol–water partition coefficient (Wildman–Crippen LogP) is 0.642. The number of aliphatic hydroxyl groups is 2. The Labute approximate surface area is 115 Å². The SMILES string of the molecule is O=S(=O)(NC1C[C@@H](O)[C@@H](O)C1)c1ccc(F)c(Cl)c1. The summed E-state index contributed by atoms with van der Waals surface area (Å²) in [6, 6.07) is 2.53. The lowest BCUT2D eigenvalue weighted by atomic mass is 10.3. The molecule has 1 saturated carbocycles. The van der Waals surface area contributed by atoms with E-state index in [9.17, 15) is 23.0 Å². The molecule has 0 heterocycles. The molecule has 1 aliphatic carbocycles. The maximum atomic E-state index is 13.0. The largest absolute Gasteiger partial charge is 0.390 e. The zero-order chi connectivity index (χ0) is 14.2. The van der Waals surface area contributed by atoms with Gasteiger partial charge in [-0.2, -0.15) is 0 Å². The molecule has 1 aromatic carbocycles. The molecule has 0 aliphatic heterocycles. The zero-order valence-corrected chi connectivity index (χ0v) is 11.3. The van der Waals surface area contributed by atoms with Crippen molar-refractivity contribution in [3.05, 3.63) is 29.0 Å². The molecular weight excluding hydrogens is 297 g/mol. The Morgan fingerprint density at radius 2 is 1.84 bits per heavy atom. The van der Waals surface area contributed by atoms with Crippen LogP contribution in [0.15, 0.2) is 23.1 Å². The first-order chi connectivity index (χ1) is 8.79. The zero-order valence-electron chi connectivity index (χ0n) is 9.75. The lowest BCUT2D eigenvalue weighted by Gasteiger charge is -2.12. The Morgan fingerprint density at radius 3 is 2.37 bits per heavy atom. The highest BCUT2D eigenvalue weighted by Gasteiger charge is 2.34. The molecule has 0 bridgehead atoms. The van der Waals surface area contributed by atoms with Crippen LogP contribution in [-0.2, 0) is 10.0 Å². The highest BCUT2D eigenvalue weighted by atomic mass is 35.5. The summed E-state index contributed by atoms with van der Waals surface area (Å²) in [6.07, 6.45) is -1.61. The molecule has 106 valence electrons. The standard InChI is InChI=1S/C11H13ClFNO4S/c12-8-5-7(1-2-9(8)13)19(17,18)14-6-3-10(15)11(16)4-6/h1-2,5-6,10-11,14-16H,3-4H2/t6?,10-,11+. The minimum Gasteiger partial charge on any atom is -0.390 e. The molecule has 3 atom stereocenters. The number of halogens is 2. The third kappa shape index (κ3) is 3.24. The van der Waals surface area contributed by atoms with E-state index in [1.54, 1.807) is 0 Å². The van der Waals surface area contributed by atoms with Crippen molar-refractivity contribution in [2.45, 2.75) is 36.0 Å². The fourth-order valence-electron chi connectivity index (χ4n) is 2.02. The van der Waals surface area contributed by atoms with Gasteiger partial charge < -0.3 is 10.2 Å². The maximum absolute atomic E-state index is 13.0. The topological polar surface area (TPSA) is 86.6 Å². The highest BCUT2D eigenvalue weighted by Crippen LogP contribution is 2.23. The summed E-state index contributed by atoms with van der Waals surface area (Å²) in [7, 11) is -3.85. The molecule has 2 rings (SSSR count). The minimum atomic E-state index is -3.85. The molecule has 0 radical (unpaired) electrons. The molecule has 19 heavy (non-hydrogen) atoms. The minimum absolute atomic E-state index is 0.134. The molecule has 8 heteroatoms. The average molecular weight is 310 g/mol. The summed E-state index contributed by atoms with van der Waals surface area (Å²) in [5.74, 6) is -0.702. The van der Waals surface area contributed by atoms with Crippen molar-refractivity contribution in [2.75, 3.05) is 0 Å². The number of hydrogen-bond acceptors (Lipinski definition) is 4. The smallest absolute Gasteiger partial charge is 0.240 e. The van der Waals surface area contributed by atoms with Gasteiger partial charge in [0.25, 0.3) is 0 Å². The fraction of sp³-hybridized carbons (Fsp3) is 0.455.